The lowest BCUT2D eigenvalue weighted by Gasteiger charge is -2.23. The number of amides is 2. The first-order valence-electron chi connectivity index (χ1n) is 9.94. The molecule has 3 heterocycles. The van der Waals surface area contributed by atoms with Gasteiger partial charge in [-0.2, -0.15) is 5.26 Å². The van der Waals surface area contributed by atoms with E-state index < -0.39 is 0 Å². The van der Waals surface area contributed by atoms with Gasteiger partial charge in [0, 0.05) is 37.2 Å². The molecule has 3 aromatic rings. The van der Waals surface area contributed by atoms with Gasteiger partial charge in [-0.25, -0.2) is 4.98 Å². The Kier molecular flexibility index (Phi) is 6.29. The molecule has 1 aliphatic heterocycles. The lowest BCUT2D eigenvalue weighted by atomic mass is 10.2. The van der Waals surface area contributed by atoms with E-state index in [2.05, 4.69) is 21.3 Å². The number of aromatic nitrogens is 1. The van der Waals surface area contributed by atoms with Crippen LogP contribution < -0.4 is 10.2 Å². The summed E-state index contributed by atoms with van der Waals surface area (Å²) < 4.78 is 5.07. The first-order valence-corrected chi connectivity index (χ1v) is 10.8. The van der Waals surface area contributed by atoms with Crippen molar-refractivity contribution < 1.29 is 14.0 Å². The summed E-state index contributed by atoms with van der Waals surface area (Å²) >= 11 is 1.28. The fourth-order valence-corrected chi connectivity index (χ4v) is 4.16. The number of rotatable bonds is 5. The number of hydrogen-bond donors (Lipinski definition) is 1. The summed E-state index contributed by atoms with van der Waals surface area (Å²) in [4.78, 5) is 33.3. The third kappa shape index (κ3) is 5.10. The minimum absolute atomic E-state index is 0.0240. The Hall–Kier alpha value is -3.64. The summed E-state index contributed by atoms with van der Waals surface area (Å²) in [6, 6.07) is 12.9. The summed E-state index contributed by atoms with van der Waals surface area (Å²) in [6.45, 7) is 2.91. The Morgan fingerprint density at radius 1 is 1.16 bits per heavy atom. The van der Waals surface area contributed by atoms with Crippen molar-refractivity contribution in [1.29, 1.82) is 5.26 Å². The maximum Gasteiger partial charge on any atom is 0.293 e. The van der Waals surface area contributed by atoms with Gasteiger partial charge in [-0.1, -0.05) is 0 Å². The van der Waals surface area contributed by atoms with Crippen molar-refractivity contribution >= 4 is 34.0 Å². The second-order valence-corrected chi connectivity index (χ2v) is 7.99. The molecule has 0 spiro atoms. The summed E-state index contributed by atoms with van der Waals surface area (Å²) in [5, 5.41) is 13.9. The van der Waals surface area contributed by atoms with Crippen LogP contribution in [0.4, 0.5) is 10.8 Å². The smallest absolute Gasteiger partial charge is 0.293 e. The van der Waals surface area contributed by atoms with Crippen LogP contribution >= 0.6 is 11.3 Å². The second kappa shape index (κ2) is 9.45. The number of anilines is 2. The molecule has 31 heavy (non-hydrogen) atoms. The number of carbonyl (C=O) groups is 2. The van der Waals surface area contributed by atoms with Crippen molar-refractivity contribution in [2.75, 3.05) is 36.4 Å². The normalized spacial score (nSPS) is 14.0. The molecule has 0 saturated carbocycles. The number of hydrogen-bond acceptors (Lipinski definition) is 7. The Morgan fingerprint density at radius 2 is 2.00 bits per heavy atom. The molecule has 2 aromatic heterocycles. The molecule has 158 valence electrons. The van der Waals surface area contributed by atoms with Gasteiger partial charge in [0.1, 0.15) is 0 Å². The van der Waals surface area contributed by atoms with E-state index in [1.807, 2.05) is 29.2 Å². The quantitative estimate of drug-likeness (QED) is 0.661. The molecule has 0 aliphatic carbocycles. The number of benzene rings is 1. The van der Waals surface area contributed by atoms with Crippen LogP contribution in [0.3, 0.4) is 0 Å². The highest BCUT2D eigenvalue weighted by atomic mass is 32.1. The van der Waals surface area contributed by atoms with E-state index in [0.29, 0.717) is 29.5 Å². The largest absolute Gasteiger partial charge is 0.459 e. The van der Waals surface area contributed by atoms with Crippen molar-refractivity contribution in [3.05, 3.63) is 65.1 Å². The number of carbonyl (C=O) groups excluding carboxylic acids is 2. The molecule has 0 atom stereocenters. The maximum absolute atomic E-state index is 12.8. The van der Waals surface area contributed by atoms with Gasteiger partial charge >= 0.3 is 0 Å². The molecule has 4 rings (SSSR count). The number of nitriles is 1. The highest BCUT2D eigenvalue weighted by molar-refractivity contribution is 7.14. The van der Waals surface area contributed by atoms with Gasteiger partial charge in [-0.05, 0) is 42.8 Å². The first-order chi connectivity index (χ1) is 15.1. The van der Waals surface area contributed by atoms with Crippen LogP contribution in [0.15, 0.2) is 52.5 Å². The Labute approximate surface area is 183 Å². The minimum atomic E-state index is -0.368. The van der Waals surface area contributed by atoms with E-state index in [1.165, 1.54) is 17.6 Å². The molecule has 0 unspecified atom stereocenters. The molecule has 0 radical (unpaired) electrons. The van der Waals surface area contributed by atoms with Crippen LogP contribution in [0.5, 0.6) is 0 Å². The summed E-state index contributed by atoms with van der Waals surface area (Å²) in [5.41, 5.74) is 2.33. The fourth-order valence-electron chi connectivity index (χ4n) is 3.45. The van der Waals surface area contributed by atoms with E-state index in [-0.39, 0.29) is 24.0 Å². The zero-order chi connectivity index (χ0) is 21.6. The number of nitrogens with one attached hydrogen (secondary N) is 1. The number of furan rings is 1. The average Bonchev–Trinajstić information content (AvgIpc) is 3.41. The molecule has 9 heteroatoms. The lowest BCUT2D eigenvalue weighted by Crippen LogP contribution is -2.36. The third-order valence-electron chi connectivity index (χ3n) is 5.06. The van der Waals surface area contributed by atoms with Crippen LogP contribution in [-0.2, 0) is 11.2 Å². The van der Waals surface area contributed by atoms with Gasteiger partial charge < -0.3 is 14.2 Å². The van der Waals surface area contributed by atoms with E-state index in [1.54, 1.807) is 17.5 Å². The lowest BCUT2D eigenvalue weighted by molar-refractivity contribution is -0.130. The van der Waals surface area contributed by atoms with Crippen LogP contribution in [0.2, 0.25) is 0 Å². The monoisotopic (exact) mass is 435 g/mol. The van der Waals surface area contributed by atoms with Crippen molar-refractivity contribution in [3.63, 3.8) is 0 Å². The van der Waals surface area contributed by atoms with Gasteiger partial charge in [-0.3, -0.25) is 14.9 Å². The predicted octanol–water partition coefficient (Wildman–Crippen LogP) is 3.14. The minimum Gasteiger partial charge on any atom is -0.459 e. The molecule has 1 N–H and O–H groups in total. The van der Waals surface area contributed by atoms with Gasteiger partial charge in [-0.15, -0.1) is 11.3 Å². The van der Waals surface area contributed by atoms with E-state index in [9.17, 15) is 9.59 Å². The molecular weight excluding hydrogens is 414 g/mol. The molecule has 2 amide bonds. The summed E-state index contributed by atoms with van der Waals surface area (Å²) in [6.07, 6.45) is 2.50. The van der Waals surface area contributed by atoms with E-state index >= 15 is 0 Å². The van der Waals surface area contributed by atoms with Crippen LogP contribution in [0, 0.1) is 11.3 Å². The second-order valence-electron chi connectivity index (χ2n) is 7.13. The summed E-state index contributed by atoms with van der Waals surface area (Å²) in [7, 11) is 0. The van der Waals surface area contributed by atoms with Crippen molar-refractivity contribution in [2.24, 2.45) is 0 Å². The first kappa shape index (κ1) is 20.6. The number of thiazole rings is 1. The highest BCUT2D eigenvalue weighted by Crippen LogP contribution is 2.20. The molecular formula is C22H21N5O3S. The molecule has 1 saturated heterocycles. The van der Waals surface area contributed by atoms with Gasteiger partial charge in [0.05, 0.1) is 30.0 Å². The molecule has 8 nitrogen and oxygen atoms in total. The fraction of sp³-hybridized carbons (Fsp3) is 0.273. The Morgan fingerprint density at radius 3 is 2.74 bits per heavy atom. The van der Waals surface area contributed by atoms with Crippen molar-refractivity contribution in [3.8, 4) is 6.07 Å². The molecule has 0 bridgehead atoms. The van der Waals surface area contributed by atoms with Gasteiger partial charge in [0.15, 0.2) is 10.9 Å². The van der Waals surface area contributed by atoms with Gasteiger partial charge in [0.2, 0.25) is 5.91 Å². The van der Waals surface area contributed by atoms with Crippen molar-refractivity contribution in [2.45, 2.75) is 12.8 Å². The Bertz CT molecular complexity index is 1090. The molecule has 1 aromatic carbocycles. The summed E-state index contributed by atoms with van der Waals surface area (Å²) in [5.74, 6) is -0.132. The standard InChI is InChI=1S/C22H21N5O3S/c23-14-16-4-6-18(7-5-16)26-8-2-9-27(11-10-26)20(28)13-17-15-31-22(24-17)25-21(29)19-3-1-12-30-19/h1,3-7,12,15H,2,8-11,13H2,(H,24,25,29). The van der Waals surface area contributed by atoms with Gasteiger partial charge in [0.25, 0.3) is 5.91 Å². The molecule has 1 fully saturated rings. The molecule has 1 aliphatic rings. The maximum atomic E-state index is 12.8. The van der Waals surface area contributed by atoms with Crippen LogP contribution in [0.25, 0.3) is 0 Å². The van der Waals surface area contributed by atoms with Crippen molar-refractivity contribution in [1.82, 2.24) is 9.88 Å². The SMILES string of the molecule is N#Cc1ccc(N2CCCN(C(=O)Cc3csc(NC(=O)c4ccco4)n3)CC2)cc1. The van der Waals surface area contributed by atoms with E-state index in [4.69, 9.17) is 9.68 Å². The highest BCUT2D eigenvalue weighted by Gasteiger charge is 2.21. The zero-order valence-electron chi connectivity index (χ0n) is 16.8. The predicted molar refractivity (Wildman–Crippen MR) is 117 cm³/mol. The van der Waals surface area contributed by atoms with Crippen LogP contribution in [0.1, 0.15) is 28.2 Å². The number of nitrogens with zero attached hydrogens (tertiary/aromatic N) is 4. The Balaban J connectivity index is 1.31. The van der Waals surface area contributed by atoms with Crippen LogP contribution in [-0.4, -0.2) is 47.9 Å². The zero-order valence-corrected chi connectivity index (χ0v) is 17.6. The third-order valence-corrected chi connectivity index (χ3v) is 5.87. The average molecular weight is 436 g/mol. The van der Waals surface area contributed by atoms with E-state index in [0.717, 1.165) is 25.2 Å². The topological polar surface area (TPSA) is 102 Å².